The maximum Gasteiger partial charge on any atom is 0.120 e. The van der Waals surface area contributed by atoms with Crippen LogP contribution in [0.2, 0.25) is 0 Å². The monoisotopic (exact) mass is 238 g/mol. The molecule has 2 aromatic carbocycles. The van der Waals surface area contributed by atoms with E-state index in [1.165, 1.54) is 0 Å². The number of benzene rings is 2. The minimum atomic E-state index is 0.260. The number of phenolic OH excluding ortho intramolecular Hbond substituents is 1. The SMILES string of the molecule is Cc1ccc(C#N)c(NCc2ccccc2O)c1. The largest absolute Gasteiger partial charge is 0.508 e. The van der Waals surface area contributed by atoms with Gasteiger partial charge in [-0.2, -0.15) is 5.26 Å². The van der Waals surface area contributed by atoms with Crippen LogP contribution in [-0.4, -0.2) is 5.11 Å². The number of nitrogens with zero attached hydrogens (tertiary/aromatic N) is 1. The van der Waals surface area contributed by atoms with Gasteiger partial charge in [-0.3, -0.25) is 0 Å². The first-order chi connectivity index (χ1) is 8.70. The van der Waals surface area contributed by atoms with Gasteiger partial charge in [-0.1, -0.05) is 24.3 Å². The summed E-state index contributed by atoms with van der Waals surface area (Å²) in [4.78, 5) is 0. The Kier molecular flexibility index (Phi) is 3.49. The normalized spacial score (nSPS) is 9.78. The molecule has 0 unspecified atom stereocenters. The molecule has 0 bridgehead atoms. The van der Waals surface area contributed by atoms with Crippen LogP contribution in [0.25, 0.3) is 0 Å². The fourth-order valence-corrected chi connectivity index (χ4v) is 1.75. The van der Waals surface area contributed by atoms with Crippen LogP contribution in [0, 0.1) is 18.3 Å². The summed E-state index contributed by atoms with van der Waals surface area (Å²) in [6.07, 6.45) is 0. The topological polar surface area (TPSA) is 56.0 Å². The first-order valence-electron chi connectivity index (χ1n) is 5.72. The van der Waals surface area contributed by atoms with Gasteiger partial charge in [-0.05, 0) is 30.7 Å². The molecular formula is C15H14N2O. The van der Waals surface area contributed by atoms with Crippen molar-refractivity contribution in [1.29, 1.82) is 5.26 Å². The molecule has 0 radical (unpaired) electrons. The van der Waals surface area contributed by atoms with Crippen molar-refractivity contribution in [3.63, 3.8) is 0 Å². The lowest BCUT2D eigenvalue weighted by Crippen LogP contribution is -2.01. The second-order valence-corrected chi connectivity index (χ2v) is 4.14. The van der Waals surface area contributed by atoms with Crippen molar-refractivity contribution in [2.45, 2.75) is 13.5 Å². The number of aryl methyl sites for hydroxylation is 1. The summed E-state index contributed by atoms with van der Waals surface area (Å²) in [5.74, 6) is 0.260. The van der Waals surface area contributed by atoms with Crippen molar-refractivity contribution >= 4 is 5.69 Å². The third kappa shape index (κ3) is 2.61. The molecule has 2 aromatic rings. The minimum absolute atomic E-state index is 0.260. The molecule has 18 heavy (non-hydrogen) atoms. The van der Waals surface area contributed by atoms with Gasteiger partial charge in [0, 0.05) is 12.1 Å². The van der Waals surface area contributed by atoms with Crippen LogP contribution < -0.4 is 5.32 Å². The average Bonchev–Trinajstić information content (AvgIpc) is 2.38. The predicted octanol–water partition coefficient (Wildman–Crippen LogP) is 3.18. The van der Waals surface area contributed by atoms with E-state index in [4.69, 9.17) is 5.26 Å². The number of hydrogen-bond acceptors (Lipinski definition) is 3. The maximum absolute atomic E-state index is 9.66. The average molecular weight is 238 g/mol. The Morgan fingerprint density at radius 2 is 2.00 bits per heavy atom. The van der Waals surface area contributed by atoms with Gasteiger partial charge in [0.1, 0.15) is 11.8 Å². The number of rotatable bonds is 3. The van der Waals surface area contributed by atoms with Crippen molar-refractivity contribution in [1.82, 2.24) is 0 Å². The second-order valence-electron chi connectivity index (χ2n) is 4.14. The Labute approximate surface area is 106 Å². The number of phenols is 1. The summed E-state index contributed by atoms with van der Waals surface area (Å²) in [7, 11) is 0. The highest BCUT2D eigenvalue weighted by molar-refractivity contribution is 5.59. The van der Waals surface area contributed by atoms with Crippen LogP contribution >= 0.6 is 0 Å². The van der Waals surface area contributed by atoms with Crippen molar-refractivity contribution < 1.29 is 5.11 Å². The zero-order chi connectivity index (χ0) is 13.0. The first-order valence-corrected chi connectivity index (χ1v) is 5.72. The highest BCUT2D eigenvalue weighted by Crippen LogP contribution is 2.20. The molecule has 0 spiro atoms. The van der Waals surface area contributed by atoms with Crippen molar-refractivity contribution in [3.8, 4) is 11.8 Å². The van der Waals surface area contributed by atoms with Gasteiger partial charge in [0.25, 0.3) is 0 Å². The number of anilines is 1. The lowest BCUT2D eigenvalue weighted by molar-refractivity contribution is 0.469. The number of nitriles is 1. The highest BCUT2D eigenvalue weighted by Gasteiger charge is 2.03. The first kappa shape index (κ1) is 12.0. The van der Waals surface area contributed by atoms with Gasteiger partial charge >= 0.3 is 0 Å². The van der Waals surface area contributed by atoms with E-state index in [0.717, 1.165) is 16.8 Å². The smallest absolute Gasteiger partial charge is 0.120 e. The molecule has 3 nitrogen and oxygen atoms in total. The van der Waals surface area contributed by atoms with E-state index >= 15 is 0 Å². The number of nitrogens with one attached hydrogen (secondary N) is 1. The van der Waals surface area contributed by atoms with Gasteiger partial charge in [0.2, 0.25) is 0 Å². The Morgan fingerprint density at radius 1 is 1.22 bits per heavy atom. The standard InChI is InChI=1S/C15H14N2O/c1-11-6-7-12(9-16)14(8-11)17-10-13-4-2-3-5-15(13)18/h2-8,17-18H,10H2,1H3. The van der Waals surface area contributed by atoms with Crippen molar-refractivity contribution in [2.75, 3.05) is 5.32 Å². The lowest BCUT2D eigenvalue weighted by atomic mass is 10.1. The van der Waals surface area contributed by atoms with Crippen LogP contribution in [0.15, 0.2) is 42.5 Å². The highest BCUT2D eigenvalue weighted by atomic mass is 16.3. The van der Waals surface area contributed by atoms with Gasteiger partial charge in [-0.15, -0.1) is 0 Å². The van der Waals surface area contributed by atoms with Gasteiger partial charge in [0.05, 0.1) is 11.3 Å². The van der Waals surface area contributed by atoms with Crippen LogP contribution in [0.5, 0.6) is 5.75 Å². The van der Waals surface area contributed by atoms with Gasteiger partial charge < -0.3 is 10.4 Å². The molecular weight excluding hydrogens is 224 g/mol. The molecule has 0 saturated carbocycles. The van der Waals surface area contributed by atoms with E-state index < -0.39 is 0 Å². The molecule has 0 amide bonds. The van der Waals surface area contributed by atoms with E-state index in [2.05, 4.69) is 11.4 Å². The predicted molar refractivity (Wildman–Crippen MR) is 71.3 cm³/mol. The van der Waals surface area contributed by atoms with E-state index in [1.54, 1.807) is 18.2 Å². The molecule has 0 aliphatic carbocycles. The summed E-state index contributed by atoms with van der Waals surface area (Å²) < 4.78 is 0. The molecule has 0 atom stereocenters. The molecule has 0 aromatic heterocycles. The molecule has 0 fully saturated rings. The lowest BCUT2D eigenvalue weighted by Gasteiger charge is -2.10. The van der Waals surface area contributed by atoms with Crippen molar-refractivity contribution in [3.05, 3.63) is 59.2 Å². The van der Waals surface area contributed by atoms with Gasteiger partial charge in [-0.25, -0.2) is 0 Å². The van der Waals surface area contributed by atoms with Crippen LogP contribution in [0.3, 0.4) is 0 Å². The van der Waals surface area contributed by atoms with Gasteiger partial charge in [0.15, 0.2) is 0 Å². The Hall–Kier alpha value is -2.47. The third-order valence-electron chi connectivity index (χ3n) is 2.76. The second kappa shape index (κ2) is 5.24. The molecule has 2 rings (SSSR count). The third-order valence-corrected chi connectivity index (χ3v) is 2.76. The fourth-order valence-electron chi connectivity index (χ4n) is 1.75. The Morgan fingerprint density at radius 3 is 2.72 bits per heavy atom. The van der Waals surface area contributed by atoms with E-state index in [-0.39, 0.29) is 5.75 Å². The summed E-state index contributed by atoms with van der Waals surface area (Å²) in [6, 6.07) is 14.9. The molecule has 0 aliphatic rings. The molecule has 90 valence electrons. The molecule has 2 N–H and O–H groups in total. The quantitative estimate of drug-likeness (QED) is 0.863. The summed E-state index contributed by atoms with van der Waals surface area (Å²) in [6.45, 7) is 2.47. The summed E-state index contributed by atoms with van der Waals surface area (Å²) >= 11 is 0. The van der Waals surface area contributed by atoms with E-state index in [1.807, 2.05) is 31.2 Å². The van der Waals surface area contributed by atoms with Crippen LogP contribution in [0.1, 0.15) is 16.7 Å². The molecule has 3 heteroatoms. The molecule has 0 saturated heterocycles. The van der Waals surface area contributed by atoms with E-state index in [0.29, 0.717) is 12.1 Å². The minimum Gasteiger partial charge on any atom is -0.508 e. The number of hydrogen-bond donors (Lipinski definition) is 2. The van der Waals surface area contributed by atoms with Crippen LogP contribution in [0.4, 0.5) is 5.69 Å². The van der Waals surface area contributed by atoms with E-state index in [9.17, 15) is 5.11 Å². The zero-order valence-corrected chi connectivity index (χ0v) is 10.1. The summed E-state index contributed by atoms with van der Waals surface area (Å²) in [5.41, 5.74) is 3.30. The number of aromatic hydroxyl groups is 1. The van der Waals surface area contributed by atoms with Crippen LogP contribution in [-0.2, 0) is 6.54 Å². The summed E-state index contributed by atoms with van der Waals surface area (Å²) in [5, 5.41) is 21.9. The fraction of sp³-hybridized carbons (Fsp3) is 0.133. The molecule has 0 heterocycles. The number of para-hydroxylation sites is 1. The Balaban J connectivity index is 2.18. The maximum atomic E-state index is 9.66. The zero-order valence-electron chi connectivity index (χ0n) is 10.1. The van der Waals surface area contributed by atoms with Crippen molar-refractivity contribution in [2.24, 2.45) is 0 Å². The Bertz CT molecular complexity index is 600. The molecule has 0 aliphatic heterocycles.